The van der Waals surface area contributed by atoms with Crippen molar-refractivity contribution in [2.45, 2.75) is 18.1 Å². The van der Waals surface area contributed by atoms with E-state index in [0.717, 1.165) is 22.2 Å². The number of hydrogen-bond donors (Lipinski definition) is 1. The smallest absolute Gasteiger partial charge is 0.224 e. The molecule has 0 saturated carbocycles. The number of benzene rings is 1. The summed E-state index contributed by atoms with van der Waals surface area (Å²) in [6.45, 7) is 0.322. The lowest BCUT2D eigenvalue weighted by molar-refractivity contribution is -0.120. The van der Waals surface area contributed by atoms with Gasteiger partial charge in [-0.3, -0.25) is 9.36 Å². The number of amides is 1. The Bertz CT molecular complexity index is 829. The molecule has 0 atom stereocenters. The number of carbonyl (C=O) groups is 1. The molecule has 0 aliphatic rings. The first kappa shape index (κ1) is 17.5. The predicted molar refractivity (Wildman–Crippen MR) is 99.6 cm³/mol. The third-order valence-electron chi connectivity index (χ3n) is 3.60. The van der Waals surface area contributed by atoms with Gasteiger partial charge in [0, 0.05) is 5.69 Å². The van der Waals surface area contributed by atoms with Gasteiger partial charge >= 0.3 is 0 Å². The molecule has 2 heterocycles. The third kappa shape index (κ3) is 4.21. The largest absolute Gasteiger partial charge is 0.497 e. The van der Waals surface area contributed by atoms with Crippen LogP contribution in [0.4, 0.5) is 0 Å². The van der Waals surface area contributed by atoms with E-state index in [1.807, 2.05) is 51.9 Å². The molecule has 0 spiro atoms. The van der Waals surface area contributed by atoms with Gasteiger partial charge in [-0.2, -0.15) is 11.3 Å². The van der Waals surface area contributed by atoms with Gasteiger partial charge in [-0.1, -0.05) is 11.8 Å². The molecule has 0 unspecified atom stereocenters. The zero-order valence-corrected chi connectivity index (χ0v) is 15.6. The van der Waals surface area contributed by atoms with Crippen molar-refractivity contribution in [1.82, 2.24) is 20.1 Å². The molecule has 3 aromatic rings. The summed E-state index contributed by atoms with van der Waals surface area (Å²) < 4.78 is 7.14. The molecule has 25 heavy (non-hydrogen) atoms. The Kier molecular flexibility index (Phi) is 5.72. The fraction of sp³-hybridized carbons (Fsp3) is 0.235. The average Bonchev–Trinajstić information content (AvgIpc) is 3.29. The fourth-order valence-electron chi connectivity index (χ4n) is 2.36. The number of thiophene rings is 1. The number of nitrogens with zero attached hydrogens (tertiary/aromatic N) is 3. The van der Waals surface area contributed by atoms with Gasteiger partial charge in [-0.15, -0.1) is 10.2 Å². The third-order valence-corrected chi connectivity index (χ3v) is 4.96. The normalized spacial score (nSPS) is 10.6. The Morgan fingerprint density at radius 2 is 2.08 bits per heavy atom. The maximum absolute atomic E-state index is 12.1. The summed E-state index contributed by atoms with van der Waals surface area (Å²) in [4.78, 5) is 12.1. The van der Waals surface area contributed by atoms with Crippen LogP contribution < -0.4 is 10.1 Å². The lowest BCUT2D eigenvalue weighted by Gasteiger charge is -2.10. The number of methoxy groups -OCH3 is 1. The van der Waals surface area contributed by atoms with E-state index in [2.05, 4.69) is 15.5 Å². The highest BCUT2D eigenvalue weighted by molar-refractivity contribution is 7.98. The van der Waals surface area contributed by atoms with Crippen LogP contribution in [0.1, 0.15) is 11.4 Å². The van der Waals surface area contributed by atoms with Crippen molar-refractivity contribution in [3.8, 4) is 11.4 Å². The van der Waals surface area contributed by atoms with Gasteiger partial charge in [-0.05, 0) is 52.9 Å². The molecular formula is C17H18N4O2S2. The summed E-state index contributed by atoms with van der Waals surface area (Å²) >= 11 is 3.09. The molecule has 0 saturated heterocycles. The van der Waals surface area contributed by atoms with E-state index in [4.69, 9.17) is 4.74 Å². The van der Waals surface area contributed by atoms with E-state index in [9.17, 15) is 4.79 Å². The van der Waals surface area contributed by atoms with Crippen molar-refractivity contribution in [1.29, 1.82) is 0 Å². The highest BCUT2D eigenvalue weighted by atomic mass is 32.2. The molecule has 2 aromatic heterocycles. The number of nitrogens with one attached hydrogen (secondary N) is 1. The lowest BCUT2D eigenvalue weighted by Crippen LogP contribution is -2.26. The first-order valence-electron chi connectivity index (χ1n) is 7.61. The molecule has 3 rings (SSSR count). The topological polar surface area (TPSA) is 69.0 Å². The molecule has 8 heteroatoms. The first-order valence-corrected chi connectivity index (χ1v) is 9.78. The van der Waals surface area contributed by atoms with Gasteiger partial charge < -0.3 is 10.1 Å². The highest BCUT2D eigenvalue weighted by Crippen LogP contribution is 2.22. The predicted octanol–water partition coefficient (Wildman–Crippen LogP) is 2.92. The van der Waals surface area contributed by atoms with Crippen molar-refractivity contribution < 1.29 is 9.53 Å². The summed E-state index contributed by atoms with van der Waals surface area (Å²) in [5.74, 6) is 1.44. The van der Waals surface area contributed by atoms with Crippen molar-refractivity contribution in [2.24, 2.45) is 0 Å². The van der Waals surface area contributed by atoms with Crippen LogP contribution in [-0.4, -0.2) is 34.0 Å². The molecular weight excluding hydrogens is 356 g/mol. The van der Waals surface area contributed by atoms with Gasteiger partial charge in [0.05, 0.1) is 20.1 Å². The lowest BCUT2D eigenvalue weighted by atomic mass is 10.2. The van der Waals surface area contributed by atoms with Gasteiger partial charge in [0.1, 0.15) is 5.75 Å². The standard InChI is InChI=1S/C17H18N4O2S2/c1-23-14-5-3-13(4-6-14)21-15(19-20-17(21)24-2)10-18-16(22)9-12-7-8-25-11-12/h3-8,11H,9-10H2,1-2H3,(H,18,22). The Hall–Kier alpha value is -2.32. The molecule has 0 bridgehead atoms. The van der Waals surface area contributed by atoms with Gasteiger partial charge in [0.15, 0.2) is 11.0 Å². The molecule has 1 amide bonds. The highest BCUT2D eigenvalue weighted by Gasteiger charge is 2.14. The zero-order chi connectivity index (χ0) is 17.6. The Morgan fingerprint density at radius 1 is 1.28 bits per heavy atom. The van der Waals surface area contributed by atoms with Gasteiger partial charge in [0.25, 0.3) is 0 Å². The van der Waals surface area contributed by atoms with E-state index in [-0.39, 0.29) is 5.91 Å². The number of carbonyl (C=O) groups excluding carboxylic acids is 1. The van der Waals surface area contributed by atoms with Crippen LogP contribution in [0.5, 0.6) is 5.75 Å². The van der Waals surface area contributed by atoms with E-state index in [0.29, 0.717) is 18.8 Å². The summed E-state index contributed by atoms with van der Waals surface area (Å²) in [7, 11) is 1.63. The SMILES string of the molecule is COc1ccc(-n2c(CNC(=O)Cc3ccsc3)nnc2SC)cc1. The van der Waals surface area contributed by atoms with Crippen molar-refractivity contribution >= 4 is 29.0 Å². The monoisotopic (exact) mass is 374 g/mol. The van der Waals surface area contributed by atoms with E-state index in [1.165, 1.54) is 11.8 Å². The summed E-state index contributed by atoms with van der Waals surface area (Å²) in [6.07, 6.45) is 2.32. The number of thioether (sulfide) groups is 1. The summed E-state index contributed by atoms with van der Waals surface area (Å²) in [6, 6.07) is 9.61. The minimum atomic E-state index is -0.0339. The number of ether oxygens (including phenoxy) is 1. The number of hydrogen-bond acceptors (Lipinski definition) is 6. The van der Waals surface area contributed by atoms with E-state index in [1.54, 1.807) is 18.4 Å². The molecule has 0 radical (unpaired) electrons. The Morgan fingerprint density at radius 3 is 2.72 bits per heavy atom. The van der Waals surface area contributed by atoms with Crippen LogP contribution in [0.15, 0.2) is 46.2 Å². The summed E-state index contributed by atoms with van der Waals surface area (Å²) in [5, 5.41) is 16.1. The maximum atomic E-state index is 12.1. The number of aromatic nitrogens is 3. The average molecular weight is 374 g/mol. The minimum Gasteiger partial charge on any atom is -0.497 e. The maximum Gasteiger partial charge on any atom is 0.224 e. The second-order valence-corrected chi connectivity index (χ2v) is 6.77. The second kappa shape index (κ2) is 8.17. The molecule has 1 N–H and O–H groups in total. The van der Waals surface area contributed by atoms with Crippen LogP contribution in [0.3, 0.4) is 0 Å². The quantitative estimate of drug-likeness (QED) is 0.644. The van der Waals surface area contributed by atoms with E-state index >= 15 is 0 Å². The minimum absolute atomic E-state index is 0.0339. The molecule has 0 fully saturated rings. The molecule has 0 aliphatic heterocycles. The first-order chi connectivity index (χ1) is 12.2. The molecule has 0 aliphatic carbocycles. The zero-order valence-electron chi connectivity index (χ0n) is 13.9. The summed E-state index contributed by atoms with van der Waals surface area (Å²) in [5.41, 5.74) is 1.95. The van der Waals surface area contributed by atoms with Crippen LogP contribution in [-0.2, 0) is 17.8 Å². The fourth-order valence-corrected chi connectivity index (χ4v) is 3.54. The molecule has 1 aromatic carbocycles. The van der Waals surface area contributed by atoms with Crippen LogP contribution in [0, 0.1) is 0 Å². The second-order valence-electron chi connectivity index (χ2n) is 5.22. The van der Waals surface area contributed by atoms with E-state index < -0.39 is 0 Å². The van der Waals surface area contributed by atoms with Crippen molar-refractivity contribution in [3.05, 3.63) is 52.5 Å². The van der Waals surface area contributed by atoms with Crippen LogP contribution in [0.25, 0.3) is 5.69 Å². The van der Waals surface area contributed by atoms with Crippen molar-refractivity contribution in [3.63, 3.8) is 0 Å². The Balaban J connectivity index is 1.75. The van der Waals surface area contributed by atoms with Crippen LogP contribution >= 0.6 is 23.1 Å². The van der Waals surface area contributed by atoms with Crippen LogP contribution in [0.2, 0.25) is 0 Å². The Labute approximate surface area is 154 Å². The molecule has 130 valence electrons. The van der Waals surface area contributed by atoms with Gasteiger partial charge in [0.2, 0.25) is 5.91 Å². The van der Waals surface area contributed by atoms with Gasteiger partial charge in [-0.25, -0.2) is 0 Å². The van der Waals surface area contributed by atoms with Crippen molar-refractivity contribution in [2.75, 3.05) is 13.4 Å². The molecule has 6 nitrogen and oxygen atoms in total. The number of rotatable bonds is 7.